The molecule has 0 spiro atoms. The van der Waals surface area contributed by atoms with Gasteiger partial charge in [-0.2, -0.15) is 0 Å². The lowest BCUT2D eigenvalue weighted by Crippen LogP contribution is -2.24. The summed E-state index contributed by atoms with van der Waals surface area (Å²) >= 11 is 0. The third-order valence-corrected chi connectivity index (χ3v) is 3.97. The summed E-state index contributed by atoms with van der Waals surface area (Å²) in [6, 6.07) is 11.8. The smallest absolute Gasteiger partial charge is 0.123 e. The van der Waals surface area contributed by atoms with Crippen molar-refractivity contribution in [2.45, 2.75) is 40.2 Å². The molecule has 0 amide bonds. The van der Waals surface area contributed by atoms with Crippen LogP contribution in [0.3, 0.4) is 0 Å². The highest BCUT2D eigenvalue weighted by Crippen LogP contribution is 2.24. The van der Waals surface area contributed by atoms with Crippen LogP contribution in [-0.4, -0.2) is 6.54 Å². The van der Waals surface area contributed by atoms with Gasteiger partial charge in [0.05, 0.1) is 0 Å². The van der Waals surface area contributed by atoms with E-state index in [1.165, 1.54) is 16.7 Å². The molecular formula is C19H24FN. The van der Waals surface area contributed by atoms with Crippen molar-refractivity contribution in [3.63, 3.8) is 0 Å². The van der Waals surface area contributed by atoms with Crippen LogP contribution in [0.1, 0.15) is 40.8 Å². The molecule has 2 heteroatoms. The van der Waals surface area contributed by atoms with E-state index < -0.39 is 0 Å². The van der Waals surface area contributed by atoms with Crippen molar-refractivity contribution < 1.29 is 4.39 Å². The van der Waals surface area contributed by atoms with E-state index in [0.29, 0.717) is 0 Å². The Labute approximate surface area is 127 Å². The molecule has 2 aromatic carbocycles. The minimum atomic E-state index is -0.158. The summed E-state index contributed by atoms with van der Waals surface area (Å²) in [6.07, 6.45) is 0.884. The quantitative estimate of drug-likeness (QED) is 0.843. The second-order valence-corrected chi connectivity index (χ2v) is 5.75. The summed E-state index contributed by atoms with van der Waals surface area (Å²) in [6.45, 7) is 9.17. The zero-order valence-electron chi connectivity index (χ0n) is 13.3. The van der Waals surface area contributed by atoms with Crippen molar-refractivity contribution in [2.24, 2.45) is 0 Å². The molecule has 1 N–H and O–H groups in total. The first kappa shape index (κ1) is 15.7. The summed E-state index contributed by atoms with van der Waals surface area (Å²) in [5.74, 6) is -0.158. The molecule has 1 nitrogen and oxygen atoms in total. The van der Waals surface area contributed by atoms with Gasteiger partial charge in [-0.1, -0.05) is 31.2 Å². The minimum Gasteiger partial charge on any atom is -0.310 e. The third-order valence-electron chi connectivity index (χ3n) is 3.97. The van der Waals surface area contributed by atoms with Gasteiger partial charge in [0.2, 0.25) is 0 Å². The highest BCUT2D eigenvalue weighted by molar-refractivity contribution is 5.36. The Morgan fingerprint density at radius 1 is 1.05 bits per heavy atom. The predicted octanol–water partition coefficient (Wildman–Crippen LogP) is 4.64. The van der Waals surface area contributed by atoms with Gasteiger partial charge in [-0.05, 0) is 73.7 Å². The first-order chi connectivity index (χ1) is 10.0. The molecule has 112 valence electrons. The average molecular weight is 285 g/mol. The van der Waals surface area contributed by atoms with E-state index in [4.69, 9.17) is 0 Å². The monoisotopic (exact) mass is 285 g/mol. The Kier molecular flexibility index (Phi) is 5.13. The zero-order valence-corrected chi connectivity index (χ0v) is 13.3. The first-order valence-corrected chi connectivity index (χ1v) is 7.56. The summed E-state index contributed by atoms with van der Waals surface area (Å²) in [5.41, 5.74) is 5.94. The fraction of sp³-hybridized carbons (Fsp3) is 0.368. The van der Waals surface area contributed by atoms with E-state index in [1.807, 2.05) is 6.92 Å². The number of halogens is 1. The molecule has 2 rings (SSSR count). The van der Waals surface area contributed by atoms with Crippen molar-refractivity contribution in [1.29, 1.82) is 0 Å². The number of nitrogens with one attached hydrogen (secondary N) is 1. The van der Waals surface area contributed by atoms with Gasteiger partial charge >= 0.3 is 0 Å². The Bertz CT molecular complexity index is 578. The maximum absolute atomic E-state index is 13.7. The molecule has 0 radical (unpaired) electrons. The van der Waals surface area contributed by atoms with Crippen LogP contribution in [0.5, 0.6) is 0 Å². The van der Waals surface area contributed by atoms with Gasteiger partial charge in [0.25, 0.3) is 0 Å². The van der Waals surface area contributed by atoms with Gasteiger partial charge < -0.3 is 5.32 Å². The second-order valence-electron chi connectivity index (χ2n) is 5.75. The van der Waals surface area contributed by atoms with Crippen LogP contribution in [-0.2, 0) is 6.42 Å². The Morgan fingerprint density at radius 3 is 2.29 bits per heavy atom. The van der Waals surface area contributed by atoms with Crippen LogP contribution in [0, 0.1) is 26.6 Å². The average Bonchev–Trinajstić information content (AvgIpc) is 2.40. The Morgan fingerprint density at radius 2 is 1.71 bits per heavy atom. The number of benzene rings is 2. The summed E-state index contributed by atoms with van der Waals surface area (Å²) < 4.78 is 13.7. The van der Waals surface area contributed by atoms with Gasteiger partial charge in [0.15, 0.2) is 0 Å². The van der Waals surface area contributed by atoms with E-state index >= 15 is 0 Å². The zero-order chi connectivity index (χ0) is 15.4. The normalized spacial score (nSPS) is 12.4. The molecule has 1 unspecified atom stereocenters. The number of rotatable bonds is 5. The lowest BCUT2D eigenvalue weighted by molar-refractivity contribution is 0.540. The molecule has 1 atom stereocenters. The van der Waals surface area contributed by atoms with Crippen LogP contribution >= 0.6 is 0 Å². The lowest BCUT2D eigenvalue weighted by Gasteiger charge is -2.21. The fourth-order valence-corrected chi connectivity index (χ4v) is 2.90. The van der Waals surface area contributed by atoms with Gasteiger partial charge in [-0.15, -0.1) is 0 Å². The minimum absolute atomic E-state index is 0.143. The molecule has 0 aromatic heterocycles. The predicted molar refractivity (Wildman–Crippen MR) is 87.2 cm³/mol. The number of hydrogen-bond acceptors (Lipinski definition) is 1. The molecule has 0 saturated heterocycles. The maximum atomic E-state index is 13.7. The Balaban J connectivity index is 2.35. The van der Waals surface area contributed by atoms with Crippen LogP contribution < -0.4 is 5.32 Å². The van der Waals surface area contributed by atoms with E-state index in [2.05, 4.69) is 50.4 Å². The molecule has 0 saturated carbocycles. The molecule has 2 aromatic rings. The summed E-state index contributed by atoms with van der Waals surface area (Å²) in [7, 11) is 0. The molecule has 0 fully saturated rings. The van der Waals surface area contributed by atoms with E-state index in [-0.39, 0.29) is 11.9 Å². The van der Waals surface area contributed by atoms with Crippen LogP contribution in [0.4, 0.5) is 4.39 Å². The van der Waals surface area contributed by atoms with Gasteiger partial charge in [0, 0.05) is 6.04 Å². The molecule has 21 heavy (non-hydrogen) atoms. The highest BCUT2D eigenvalue weighted by atomic mass is 19.1. The molecule has 0 aliphatic rings. The molecular weight excluding hydrogens is 261 g/mol. The van der Waals surface area contributed by atoms with Gasteiger partial charge in [0.1, 0.15) is 5.82 Å². The van der Waals surface area contributed by atoms with E-state index in [1.54, 1.807) is 12.1 Å². The SMILES string of the molecule is CCNC(Cc1c(C)cccc1C)c1cc(C)cc(F)c1. The van der Waals surface area contributed by atoms with Gasteiger partial charge in [-0.3, -0.25) is 0 Å². The molecule has 0 aliphatic carbocycles. The van der Waals surface area contributed by atoms with E-state index in [0.717, 1.165) is 24.1 Å². The standard InChI is InChI=1S/C19H24FN/c1-5-21-19(16-9-13(2)10-17(20)11-16)12-18-14(3)7-6-8-15(18)4/h6-11,19,21H,5,12H2,1-4H3. The van der Waals surface area contributed by atoms with E-state index in [9.17, 15) is 4.39 Å². The third kappa shape index (κ3) is 3.92. The number of aryl methyl sites for hydroxylation is 3. The number of likely N-dealkylation sites (N-methyl/N-ethyl adjacent to an activating group) is 1. The largest absolute Gasteiger partial charge is 0.310 e. The summed E-state index contributed by atoms with van der Waals surface area (Å²) in [5, 5.41) is 3.49. The first-order valence-electron chi connectivity index (χ1n) is 7.56. The molecule has 0 aliphatic heterocycles. The van der Waals surface area contributed by atoms with Crippen LogP contribution in [0.2, 0.25) is 0 Å². The maximum Gasteiger partial charge on any atom is 0.123 e. The fourth-order valence-electron chi connectivity index (χ4n) is 2.90. The van der Waals surface area contributed by atoms with Crippen LogP contribution in [0.25, 0.3) is 0 Å². The Hall–Kier alpha value is -1.67. The van der Waals surface area contributed by atoms with Crippen molar-refractivity contribution in [3.8, 4) is 0 Å². The second kappa shape index (κ2) is 6.86. The van der Waals surface area contributed by atoms with Gasteiger partial charge in [-0.25, -0.2) is 4.39 Å². The van der Waals surface area contributed by atoms with Crippen molar-refractivity contribution in [2.75, 3.05) is 6.54 Å². The molecule has 0 bridgehead atoms. The van der Waals surface area contributed by atoms with Crippen molar-refractivity contribution >= 4 is 0 Å². The van der Waals surface area contributed by atoms with Crippen LogP contribution in [0.15, 0.2) is 36.4 Å². The van der Waals surface area contributed by atoms with Crippen molar-refractivity contribution in [1.82, 2.24) is 5.32 Å². The topological polar surface area (TPSA) is 12.0 Å². The molecule has 0 heterocycles. The number of hydrogen-bond donors (Lipinski definition) is 1. The lowest BCUT2D eigenvalue weighted by atomic mass is 9.92. The van der Waals surface area contributed by atoms with Crippen molar-refractivity contribution in [3.05, 3.63) is 70.0 Å². The summed E-state index contributed by atoms with van der Waals surface area (Å²) in [4.78, 5) is 0. The highest BCUT2D eigenvalue weighted by Gasteiger charge is 2.15.